The highest BCUT2D eigenvalue weighted by Crippen LogP contribution is 2.24. The number of carbonyl (C=O) groups excluding carboxylic acids is 1. The van der Waals surface area contributed by atoms with Gasteiger partial charge in [0.15, 0.2) is 0 Å². The van der Waals surface area contributed by atoms with E-state index in [9.17, 15) is 4.79 Å². The van der Waals surface area contributed by atoms with Gasteiger partial charge in [-0.05, 0) is 36.1 Å². The first-order chi connectivity index (χ1) is 15.5. The molecule has 1 aliphatic carbocycles. The molecule has 2 aliphatic rings. The molecule has 1 saturated carbocycles. The van der Waals surface area contributed by atoms with E-state index in [0.717, 1.165) is 43.3 Å². The van der Waals surface area contributed by atoms with Crippen LogP contribution in [0.5, 0.6) is 0 Å². The van der Waals surface area contributed by atoms with E-state index in [0.29, 0.717) is 0 Å². The molecule has 7 nitrogen and oxygen atoms in total. The maximum absolute atomic E-state index is 12.8. The van der Waals surface area contributed by atoms with Crippen LogP contribution in [0.3, 0.4) is 0 Å². The fourth-order valence-corrected chi connectivity index (χ4v) is 4.35. The molecule has 170 valence electrons. The Morgan fingerprint density at radius 1 is 0.688 bits per heavy atom. The van der Waals surface area contributed by atoms with Gasteiger partial charge in [-0.2, -0.15) is 0 Å². The summed E-state index contributed by atoms with van der Waals surface area (Å²) in [5, 5.41) is 14.8. The van der Waals surface area contributed by atoms with Crippen LogP contribution in [0.25, 0.3) is 11.1 Å². The quantitative estimate of drug-likeness (QED) is 0.711. The molecule has 4 rings (SSSR count). The van der Waals surface area contributed by atoms with Gasteiger partial charge in [-0.15, -0.1) is 0 Å². The van der Waals surface area contributed by atoms with Crippen molar-refractivity contribution in [2.45, 2.75) is 38.1 Å². The zero-order chi connectivity index (χ0) is 22.9. The molecule has 1 aliphatic heterocycles. The van der Waals surface area contributed by atoms with Crippen molar-refractivity contribution < 1.29 is 24.6 Å². The van der Waals surface area contributed by atoms with Crippen LogP contribution >= 0.6 is 0 Å². The summed E-state index contributed by atoms with van der Waals surface area (Å²) in [6.07, 6.45) is 6.83. The molecule has 0 spiro atoms. The van der Waals surface area contributed by atoms with Gasteiger partial charge >= 0.3 is 11.9 Å². The van der Waals surface area contributed by atoms with Gasteiger partial charge in [0, 0.05) is 37.8 Å². The van der Waals surface area contributed by atoms with E-state index in [4.69, 9.17) is 19.8 Å². The number of carbonyl (C=O) groups is 3. The number of hydrogen-bond donors (Lipinski definition) is 2. The van der Waals surface area contributed by atoms with Crippen molar-refractivity contribution in [2.24, 2.45) is 0 Å². The van der Waals surface area contributed by atoms with Gasteiger partial charge in [-0.25, -0.2) is 9.59 Å². The number of piperazine rings is 1. The van der Waals surface area contributed by atoms with E-state index in [1.54, 1.807) is 0 Å². The van der Waals surface area contributed by atoms with Crippen LogP contribution in [0.15, 0.2) is 54.6 Å². The number of carboxylic acids is 2. The smallest absolute Gasteiger partial charge is 0.414 e. The Labute approximate surface area is 188 Å². The third kappa shape index (κ3) is 6.40. The Bertz CT molecular complexity index is 888. The fourth-order valence-electron chi connectivity index (χ4n) is 4.35. The lowest BCUT2D eigenvalue weighted by molar-refractivity contribution is -0.159. The predicted octanol–water partition coefficient (Wildman–Crippen LogP) is 3.60. The van der Waals surface area contributed by atoms with E-state index in [2.05, 4.69) is 29.2 Å². The summed E-state index contributed by atoms with van der Waals surface area (Å²) >= 11 is 0. The molecule has 2 N–H and O–H groups in total. The summed E-state index contributed by atoms with van der Waals surface area (Å²) < 4.78 is 0. The van der Waals surface area contributed by atoms with Crippen molar-refractivity contribution >= 4 is 17.8 Å². The Morgan fingerprint density at radius 2 is 1.22 bits per heavy atom. The third-order valence-electron chi connectivity index (χ3n) is 6.11. The molecule has 1 heterocycles. The molecular weight excluding hydrogens is 408 g/mol. The number of benzene rings is 2. The maximum atomic E-state index is 12.8. The minimum Gasteiger partial charge on any atom is -0.473 e. The van der Waals surface area contributed by atoms with Crippen LogP contribution in [0.4, 0.5) is 0 Å². The highest BCUT2D eigenvalue weighted by atomic mass is 16.4. The Morgan fingerprint density at radius 3 is 1.75 bits per heavy atom. The second kappa shape index (κ2) is 11.4. The second-order valence-corrected chi connectivity index (χ2v) is 8.17. The molecule has 2 aromatic carbocycles. The Balaban J connectivity index is 0.000000427. The largest absolute Gasteiger partial charge is 0.473 e. The molecule has 0 unspecified atom stereocenters. The van der Waals surface area contributed by atoms with E-state index in [1.807, 2.05) is 35.2 Å². The first-order valence-electron chi connectivity index (χ1n) is 11.1. The Hall–Kier alpha value is -3.19. The zero-order valence-electron chi connectivity index (χ0n) is 18.2. The maximum Gasteiger partial charge on any atom is 0.414 e. The minimum absolute atomic E-state index is 0.174. The molecule has 32 heavy (non-hydrogen) atoms. The van der Waals surface area contributed by atoms with Gasteiger partial charge in [-0.3, -0.25) is 9.69 Å². The van der Waals surface area contributed by atoms with E-state index in [-0.39, 0.29) is 5.91 Å². The van der Waals surface area contributed by atoms with E-state index in [1.165, 1.54) is 37.7 Å². The van der Waals surface area contributed by atoms with Crippen molar-refractivity contribution in [3.05, 3.63) is 60.2 Å². The summed E-state index contributed by atoms with van der Waals surface area (Å²) in [5.41, 5.74) is 3.15. The van der Waals surface area contributed by atoms with E-state index >= 15 is 0 Å². The van der Waals surface area contributed by atoms with Crippen molar-refractivity contribution in [1.82, 2.24) is 9.80 Å². The number of rotatable bonds is 3. The van der Waals surface area contributed by atoms with Crippen LogP contribution in [-0.2, 0) is 9.59 Å². The van der Waals surface area contributed by atoms with E-state index < -0.39 is 11.9 Å². The molecule has 0 radical (unpaired) electrons. The van der Waals surface area contributed by atoms with Gasteiger partial charge in [0.25, 0.3) is 5.91 Å². The van der Waals surface area contributed by atoms with Crippen LogP contribution in [0.1, 0.15) is 42.5 Å². The lowest BCUT2D eigenvalue weighted by atomic mass is 9.94. The van der Waals surface area contributed by atoms with Gasteiger partial charge in [0.05, 0.1) is 0 Å². The lowest BCUT2D eigenvalue weighted by Crippen LogP contribution is -2.52. The van der Waals surface area contributed by atoms with Crippen LogP contribution in [0.2, 0.25) is 0 Å². The van der Waals surface area contributed by atoms with Gasteiger partial charge < -0.3 is 15.1 Å². The van der Waals surface area contributed by atoms with Gasteiger partial charge in [0.1, 0.15) is 0 Å². The topological polar surface area (TPSA) is 98.1 Å². The normalized spacial score (nSPS) is 17.2. The molecule has 0 aromatic heterocycles. The van der Waals surface area contributed by atoms with Crippen molar-refractivity contribution in [2.75, 3.05) is 26.2 Å². The van der Waals surface area contributed by atoms with Gasteiger partial charge in [0.2, 0.25) is 0 Å². The zero-order valence-corrected chi connectivity index (χ0v) is 18.2. The summed E-state index contributed by atoms with van der Waals surface area (Å²) in [6, 6.07) is 19.1. The van der Waals surface area contributed by atoms with Crippen LogP contribution in [-0.4, -0.2) is 70.1 Å². The molecular formula is C25H30N2O5. The standard InChI is InChI=1S/C23H28N2O.C2H2O4/c26-23(21-13-11-20(12-14-21)19-7-3-1-4-8-19)25-17-15-24(16-18-25)22-9-5-2-6-10-22;3-1(4)2(5)6/h1,3-4,7-8,11-14,22H,2,5-6,9-10,15-18H2;(H,3,4)(H,5,6). The first-order valence-corrected chi connectivity index (χ1v) is 11.1. The molecule has 0 atom stereocenters. The number of aliphatic carboxylic acids is 2. The third-order valence-corrected chi connectivity index (χ3v) is 6.11. The fraction of sp³-hybridized carbons (Fsp3) is 0.400. The lowest BCUT2D eigenvalue weighted by Gasteiger charge is -2.40. The highest BCUT2D eigenvalue weighted by molar-refractivity contribution is 6.27. The number of nitrogens with zero attached hydrogens (tertiary/aromatic N) is 2. The number of hydrogen-bond acceptors (Lipinski definition) is 4. The Kier molecular flexibility index (Phi) is 8.39. The summed E-state index contributed by atoms with van der Waals surface area (Å²) in [6.45, 7) is 3.77. The number of carboxylic acid groups (broad SMARTS) is 2. The summed E-state index contributed by atoms with van der Waals surface area (Å²) in [7, 11) is 0. The minimum atomic E-state index is -1.82. The predicted molar refractivity (Wildman–Crippen MR) is 121 cm³/mol. The van der Waals surface area contributed by atoms with Crippen molar-refractivity contribution in [3.63, 3.8) is 0 Å². The first kappa shape index (κ1) is 23.5. The molecule has 7 heteroatoms. The molecule has 2 aromatic rings. The number of amides is 1. The van der Waals surface area contributed by atoms with Gasteiger partial charge in [-0.1, -0.05) is 61.7 Å². The van der Waals surface area contributed by atoms with Crippen LogP contribution < -0.4 is 0 Å². The van der Waals surface area contributed by atoms with Crippen molar-refractivity contribution in [1.29, 1.82) is 0 Å². The highest BCUT2D eigenvalue weighted by Gasteiger charge is 2.27. The molecule has 2 fully saturated rings. The molecule has 0 bridgehead atoms. The monoisotopic (exact) mass is 438 g/mol. The average molecular weight is 439 g/mol. The average Bonchev–Trinajstić information content (AvgIpc) is 2.85. The summed E-state index contributed by atoms with van der Waals surface area (Å²) in [4.78, 5) is 35.7. The second-order valence-electron chi connectivity index (χ2n) is 8.17. The molecule has 1 amide bonds. The summed E-state index contributed by atoms with van der Waals surface area (Å²) in [5.74, 6) is -3.47. The molecule has 1 saturated heterocycles. The SMILES string of the molecule is O=C(O)C(=O)O.O=C(c1ccc(-c2ccccc2)cc1)N1CCN(C2CCCCC2)CC1. The van der Waals surface area contributed by atoms with Crippen molar-refractivity contribution in [3.8, 4) is 11.1 Å². The van der Waals surface area contributed by atoms with Crippen LogP contribution in [0, 0.1) is 0 Å².